The highest BCUT2D eigenvalue weighted by molar-refractivity contribution is 6.42. The molecule has 0 saturated heterocycles. The summed E-state index contributed by atoms with van der Waals surface area (Å²) >= 11 is 0. The van der Waals surface area contributed by atoms with Crippen LogP contribution < -0.4 is 0 Å². The number of fused-ring (bicyclic) bond motifs is 1. The molecule has 2 rings (SSSR count). The lowest BCUT2D eigenvalue weighted by molar-refractivity contribution is -0.131. The monoisotopic (exact) mass is 218 g/mol. The van der Waals surface area contributed by atoms with Gasteiger partial charge >= 0.3 is 5.97 Å². The molecule has 0 aliphatic rings. The SMILES string of the molecule is Cc1ccnc2c(C(=O)C(=O)O)cn(C)c12. The molecule has 5 heteroatoms. The molecular weight excluding hydrogens is 208 g/mol. The Morgan fingerprint density at radius 1 is 1.44 bits per heavy atom. The average Bonchev–Trinajstić information content (AvgIpc) is 2.56. The summed E-state index contributed by atoms with van der Waals surface area (Å²) in [6, 6.07) is 1.82. The quantitative estimate of drug-likeness (QED) is 0.606. The molecule has 0 atom stereocenters. The number of Topliss-reactive ketones (excluding diaryl/α,β-unsaturated/α-hetero) is 1. The molecule has 0 spiro atoms. The van der Waals surface area contributed by atoms with Crippen LogP contribution in [0.25, 0.3) is 11.0 Å². The van der Waals surface area contributed by atoms with Crippen molar-refractivity contribution in [3.63, 3.8) is 0 Å². The van der Waals surface area contributed by atoms with Gasteiger partial charge < -0.3 is 9.67 Å². The van der Waals surface area contributed by atoms with Crippen LogP contribution >= 0.6 is 0 Å². The molecule has 0 aliphatic carbocycles. The number of nitrogens with zero attached hydrogens (tertiary/aromatic N) is 2. The Kier molecular flexibility index (Phi) is 2.23. The molecule has 1 N–H and O–H groups in total. The first-order valence-corrected chi connectivity index (χ1v) is 4.70. The maximum absolute atomic E-state index is 11.4. The molecule has 0 radical (unpaired) electrons. The van der Waals surface area contributed by atoms with E-state index >= 15 is 0 Å². The maximum atomic E-state index is 11.4. The summed E-state index contributed by atoms with van der Waals surface area (Å²) in [4.78, 5) is 26.1. The van der Waals surface area contributed by atoms with Gasteiger partial charge in [0.05, 0.1) is 16.6 Å². The number of aryl methyl sites for hydroxylation is 2. The molecule has 0 aromatic carbocycles. The normalized spacial score (nSPS) is 10.6. The molecule has 0 amide bonds. The number of aliphatic carboxylic acids is 1. The Balaban J connectivity index is 2.79. The Hall–Kier alpha value is -2.17. The summed E-state index contributed by atoms with van der Waals surface area (Å²) in [5.41, 5.74) is 2.31. The number of carbonyl (C=O) groups is 2. The smallest absolute Gasteiger partial charge is 0.377 e. The topological polar surface area (TPSA) is 72.2 Å². The lowest BCUT2D eigenvalue weighted by Crippen LogP contribution is -2.12. The first-order valence-electron chi connectivity index (χ1n) is 4.70. The molecule has 0 aliphatic heterocycles. The highest BCUT2D eigenvalue weighted by Crippen LogP contribution is 2.21. The number of carboxylic acids is 1. The summed E-state index contributed by atoms with van der Waals surface area (Å²) in [7, 11) is 1.76. The molecule has 0 bridgehead atoms. The van der Waals surface area contributed by atoms with Crippen molar-refractivity contribution in [1.29, 1.82) is 0 Å². The second-order valence-electron chi connectivity index (χ2n) is 3.61. The Bertz CT molecular complexity index is 599. The molecule has 0 unspecified atom stereocenters. The van der Waals surface area contributed by atoms with Gasteiger partial charge in [-0.25, -0.2) is 4.79 Å². The molecule has 2 aromatic heterocycles. The van der Waals surface area contributed by atoms with Crippen LogP contribution in [0.3, 0.4) is 0 Å². The van der Waals surface area contributed by atoms with Gasteiger partial charge in [-0.15, -0.1) is 0 Å². The van der Waals surface area contributed by atoms with Crippen molar-refractivity contribution in [3.05, 3.63) is 29.6 Å². The van der Waals surface area contributed by atoms with E-state index in [1.165, 1.54) is 6.20 Å². The van der Waals surface area contributed by atoms with E-state index < -0.39 is 11.8 Å². The predicted octanol–water partition coefficient (Wildman–Crippen LogP) is 1.15. The molecule has 2 heterocycles. The van der Waals surface area contributed by atoms with Gasteiger partial charge in [0.15, 0.2) is 0 Å². The van der Waals surface area contributed by atoms with E-state index in [4.69, 9.17) is 5.11 Å². The van der Waals surface area contributed by atoms with E-state index in [0.29, 0.717) is 5.52 Å². The standard InChI is InChI=1S/C11H10N2O3/c1-6-3-4-12-8-7(10(14)11(15)16)5-13(2)9(6)8/h3-5H,1-2H3,(H,15,16). The van der Waals surface area contributed by atoms with Crippen molar-refractivity contribution in [2.24, 2.45) is 7.05 Å². The minimum atomic E-state index is -1.46. The average molecular weight is 218 g/mol. The zero-order valence-corrected chi connectivity index (χ0v) is 8.89. The number of hydrogen-bond donors (Lipinski definition) is 1. The van der Waals surface area contributed by atoms with Gasteiger partial charge in [-0.2, -0.15) is 0 Å². The van der Waals surface area contributed by atoms with Crippen LogP contribution in [0.2, 0.25) is 0 Å². The highest BCUT2D eigenvalue weighted by Gasteiger charge is 2.21. The third-order valence-corrected chi connectivity index (χ3v) is 2.50. The second kappa shape index (κ2) is 3.44. The number of ketones is 1. The zero-order chi connectivity index (χ0) is 11.9. The van der Waals surface area contributed by atoms with Gasteiger partial charge in [0.2, 0.25) is 0 Å². The summed E-state index contributed by atoms with van der Waals surface area (Å²) in [5, 5.41) is 8.69. The first-order chi connectivity index (χ1) is 7.52. The first kappa shape index (κ1) is 10.4. The van der Waals surface area contributed by atoms with E-state index in [1.54, 1.807) is 17.8 Å². The van der Waals surface area contributed by atoms with Crippen molar-refractivity contribution in [2.45, 2.75) is 6.92 Å². The number of hydrogen-bond acceptors (Lipinski definition) is 3. The van der Waals surface area contributed by atoms with Gasteiger partial charge in [-0.1, -0.05) is 0 Å². The van der Waals surface area contributed by atoms with Crippen LogP contribution in [-0.2, 0) is 11.8 Å². The lowest BCUT2D eigenvalue weighted by Gasteiger charge is -1.98. The number of pyridine rings is 1. The number of carboxylic acid groups (broad SMARTS) is 1. The van der Waals surface area contributed by atoms with E-state index in [9.17, 15) is 9.59 Å². The van der Waals surface area contributed by atoms with Gasteiger partial charge in [0.25, 0.3) is 5.78 Å². The molecule has 16 heavy (non-hydrogen) atoms. The Morgan fingerprint density at radius 3 is 2.75 bits per heavy atom. The fraction of sp³-hybridized carbons (Fsp3) is 0.182. The molecule has 2 aromatic rings. The third-order valence-electron chi connectivity index (χ3n) is 2.50. The summed E-state index contributed by atoms with van der Waals surface area (Å²) in [6.07, 6.45) is 3.07. The summed E-state index contributed by atoms with van der Waals surface area (Å²) < 4.78 is 1.72. The van der Waals surface area contributed by atoms with Crippen molar-refractivity contribution >= 4 is 22.8 Å². The van der Waals surface area contributed by atoms with Gasteiger partial charge in [0.1, 0.15) is 0 Å². The third kappa shape index (κ3) is 1.37. The highest BCUT2D eigenvalue weighted by atomic mass is 16.4. The van der Waals surface area contributed by atoms with Crippen molar-refractivity contribution < 1.29 is 14.7 Å². The fourth-order valence-corrected chi connectivity index (χ4v) is 1.79. The van der Waals surface area contributed by atoms with Crippen molar-refractivity contribution in [2.75, 3.05) is 0 Å². The van der Waals surface area contributed by atoms with Crippen LogP contribution in [-0.4, -0.2) is 26.4 Å². The second-order valence-corrected chi connectivity index (χ2v) is 3.61. The van der Waals surface area contributed by atoms with E-state index in [1.807, 2.05) is 13.0 Å². The molecule has 5 nitrogen and oxygen atoms in total. The minimum Gasteiger partial charge on any atom is -0.475 e. The predicted molar refractivity (Wildman–Crippen MR) is 57.4 cm³/mol. The fourth-order valence-electron chi connectivity index (χ4n) is 1.79. The van der Waals surface area contributed by atoms with Crippen LogP contribution in [0.1, 0.15) is 15.9 Å². The summed E-state index contributed by atoms with van der Waals surface area (Å²) in [5.74, 6) is -2.39. The zero-order valence-electron chi connectivity index (χ0n) is 8.89. The van der Waals surface area contributed by atoms with E-state index in [2.05, 4.69) is 4.98 Å². The van der Waals surface area contributed by atoms with Gasteiger partial charge in [0, 0.05) is 19.4 Å². The lowest BCUT2D eigenvalue weighted by atomic mass is 10.1. The largest absolute Gasteiger partial charge is 0.475 e. The van der Waals surface area contributed by atoms with Gasteiger partial charge in [-0.05, 0) is 18.6 Å². The van der Waals surface area contributed by atoms with E-state index in [-0.39, 0.29) is 5.56 Å². The minimum absolute atomic E-state index is 0.133. The van der Waals surface area contributed by atoms with Crippen molar-refractivity contribution in [1.82, 2.24) is 9.55 Å². The molecule has 82 valence electrons. The Morgan fingerprint density at radius 2 is 2.12 bits per heavy atom. The van der Waals surface area contributed by atoms with Crippen LogP contribution in [0.4, 0.5) is 0 Å². The molecule has 0 fully saturated rings. The number of aromatic nitrogens is 2. The van der Waals surface area contributed by atoms with Crippen LogP contribution in [0.5, 0.6) is 0 Å². The maximum Gasteiger partial charge on any atom is 0.377 e. The van der Waals surface area contributed by atoms with Crippen LogP contribution in [0, 0.1) is 6.92 Å². The van der Waals surface area contributed by atoms with Crippen LogP contribution in [0.15, 0.2) is 18.5 Å². The van der Waals surface area contributed by atoms with E-state index in [0.717, 1.165) is 11.1 Å². The Labute approximate surface area is 91.3 Å². The molecule has 0 saturated carbocycles. The van der Waals surface area contributed by atoms with Crippen molar-refractivity contribution in [3.8, 4) is 0 Å². The number of rotatable bonds is 2. The summed E-state index contributed by atoms with van der Waals surface area (Å²) in [6.45, 7) is 1.89. The molecular formula is C11H10N2O3. The van der Waals surface area contributed by atoms with Gasteiger partial charge in [-0.3, -0.25) is 9.78 Å². The number of carbonyl (C=O) groups excluding carboxylic acids is 1.